The molecule has 18 aromatic rings. The zero-order chi connectivity index (χ0) is 89.3. The van der Waals surface area contributed by atoms with Crippen molar-refractivity contribution in [3.63, 3.8) is 0 Å². The first-order valence-corrected chi connectivity index (χ1v) is 38.4. The van der Waals surface area contributed by atoms with Gasteiger partial charge >= 0.3 is 0 Å². The maximum absolute atomic E-state index is 12.8. The maximum Gasteiger partial charge on any atom is 0.254 e. The molecular formula is C107H72B2N4. The fourth-order valence-electron chi connectivity index (χ4n) is 19.8. The molecule has 24 rings (SSSR count). The van der Waals surface area contributed by atoms with E-state index in [9.17, 15) is 21.9 Å². The van der Waals surface area contributed by atoms with Crippen molar-refractivity contribution in [2.75, 3.05) is 14.7 Å². The third-order valence-corrected chi connectivity index (χ3v) is 24.4. The lowest BCUT2D eigenvalue weighted by Crippen LogP contribution is -2.70. The van der Waals surface area contributed by atoms with Gasteiger partial charge in [0.1, 0.15) is 0 Å². The number of anilines is 9. The normalized spacial score (nSPS) is 15.9. The molecule has 0 saturated heterocycles. The first-order chi connectivity index (χ1) is 62.9. The molecule has 17 aromatic carbocycles. The summed E-state index contributed by atoms with van der Waals surface area (Å²) in [5.41, 5.74) is 14.1. The fraction of sp³-hybridized carbons (Fsp3) is 0.0467. The van der Waals surface area contributed by atoms with Gasteiger partial charge in [0.2, 0.25) is 0 Å². The molecule has 1 aromatic heterocycles. The van der Waals surface area contributed by atoms with Crippen LogP contribution in [-0.2, 0) is 10.8 Å². The molecular weight excluding hydrogens is 1360 g/mol. The second-order valence-corrected chi connectivity index (χ2v) is 31.1. The van der Waals surface area contributed by atoms with Crippen LogP contribution in [0.25, 0.3) is 105 Å². The highest BCUT2D eigenvalue weighted by Gasteiger charge is 2.59. The van der Waals surface area contributed by atoms with Gasteiger partial charge in [0.25, 0.3) is 13.4 Å². The van der Waals surface area contributed by atoms with E-state index < -0.39 is 108 Å². The van der Waals surface area contributed by atoms with E-state index >= 15 is 0 Å². The molecule has 0 saturated carbocycles. The monoisotopic (exact) mass is 1450 g/mol. The lowest BCUT2D eigenvalue weighted by Gasteiger charge is -2.52. The lowest BCUT2D eigenvalue weighted by molar-refractivity contribution is 0.590. The Balaban J connectivity index is 1.00. The Morgan fingerprint density at radius 1 is 0.283 bits per heavy atom. The van der Waals surface area contributed by atoms with E-state index in [0.717, 1.165) is 44.5 Å². The fourth-order valence-corrected chi connectivity index (χ4v) is 19.8. The van der Waals surface area contributed by atoms with Crippen LogP contribution in [-0.4, -0.2) is 18.0 Å². The Hall–Kier alpha value is -13.9. The molecule has 6 heterocycles. The van der Waals surface area contributed by atoms with Crippen LogP contribution in [0.15, 0.2) is 382 Å². The predicted molar refractivity (Wildman–Crippen MR) is 476 cm³/mol. The van der Waals surface area contributed by atoms with Crippen molar-refractivity contribution in [1.29, 1.82) is 0 Å². The topological polar surface area (TPSA) is 14.7 Å². The van der Waals surface area contributed by atoms with Gasteiger partial charge < -0.3 is 19.3 Å². The van der Waals surface area contributed by atoms with Gasteiger partial charge in [-0.3, -0.25) is 0 Å². The molecule has 0 radical (unpaired) electrons. The summed E-state index contributed by atoms with van der Waals surface area (Å²) < 4.78 is 182. The minimum atomic E-state index is -1.72. The molecule has 0 atom stereocenters. The average molecular weight is 1450 g/mol. The van der Waals surface area contributed by atoms with Crippen molar-refractivity contribution in [3.8, 4) is 83.6 Å². The van der Waals surface area contributed by atoms with Crippen molar-refractivity contribution in [2.45, 2.75) is 31.6 Å². The molecule has 1 aliphatic carbocycles. The Bertz CT molecular complexity index is 7960. The van der Waals surface area contributed by atoms with Gasteiger partial charge in [-0.05, 0) is 158 Å². The lowest BCUT2D eigenvalue weighted by atomic mass is 9.26. The van der Waals surface area contributed by atoms with Gasteiger partial charge in [-0.2, -0.15) is 0 Å². The largest absolute Gasteiger partial charge is 0.311 e. The van der Waals surface area contributed by atoms with Crippen LogP contribution in [0.2, 0.25) is 0 Å². The van der Waals surface area contributed by atoms with Crippen LogP contribution in [0.4, 0.5) is 51.2 Å². The minimum absolute atomic E-state index is 0.00662. The SMILES string of the molecule is [2H]c1cc2c3c(c1[2H])C1(c4ccccc4-c4ccccc41)c1c([2H])c([2H])c4c5c([2H])c([2H])c([2H])c([2H])c5n5c4c1B3c1c(c3c(c([2H])c1-5)N(c1c(-c4ccccc4)cccc1-c1ccccc1)c1cc(C(C)(C)C)cc4c1B3c1c([2H])c([2H])c(-c3c([2H])c([2H])c([2H])c([2H])c3[2H])c([2H])c1N4c1c(-c3ccccc3)cccc1-c1ccccc1)N2c1ccccc1-c1ccccc1. The third kappa shape index (κ3) is 8.84. The zero-order valence-electron chi connectivity index (χ0n) is 78.5. The van der Waals surface area contributed by atoms with Crippen molar-refractivity contribution >= 4 is 119 Å². The summed E-state index contributed by atoms with van der Waals surface area (Å²) in [6, 6.07) is 83.1. The average Bonchev–Trinajstić information content (AvgIpc) is 1.36. The highest BCUT2D eigenvalue weighted by atomic mass is 15.2. The number of aromatic nitrogens is 1. The van der Waals surface area contributed by atoms with Gasteiger partial charge in [-0.1, -0.05) is 360 Å². The molecule has 5 aliphatic heterocycles. The van der Waals surface area contributed by atoms with E-state index in [1.807, 2.05) is 254 Å². The number of hydrogen-bond donors (Lipinski definition) is 0. The van der Waals surface area contributed by atoms with E-state index in [0.29, 0.717) is 112 Å². The van der Waals surface area contributed by atoms with Crippen molar-refractivity contribution < 1.29 is 23.3 Å². The van der Waals surface area contributed by atoms with Crippen molar-refractivity contribution in [2.24, 2.45) is 0 Å². The molecule has 0 N–H and O–H groups in total. The second-order valence-electron chi connectivity index (χ2n) is 31.1. The van der Waals surface area contributed by atoms with Crippen LogP contribution in [0.5, 0.6) is 0 Å². The Labute approximate surface area is 683 Å². The Morgan fingerprint density at radius 3 is 1.34 bits per heavy atom. The van der Waals surface area contributed by atoms with Crippen LogP contribution in [0.3, 0.4) is 0 Å². The van der Waals surface area contributed by atoms with E-state index in [-0.39, 0.29) is 80.1 Å². The second kappa shape index (κ2) is 24.0. The standard InChI is InChI=1S/C107H72B2N4/c1-106(2,3)74-64-93-99-94(65-74)113(103-78(71-41-18-8-19-42-71)51-31-52-79(103)72-43-20-9-21-44-72)95-66-96-101-105(100(95)108(99)88-62-59-73(67-33-10-4-11-34-67)63-92(88)112(93)102-76(69-37-14-6-15-38-69)49-30-50-77(102)70-39-16-7-17-40-70)110(89-56-28-24-45-75(89)68-35-12-5-13-36-68)91-58-32-55-86-97(91)109(101)98-87(61-60-83-82-48-25-29-57-90(82)111(96)104(83)98)107(86)84-53-26-22-46-80(84)81-47-23-27-54-85(81)107/h4-66H,1-3H3/i4D,10D,11D,25D,29D,32D,33D,34D,48D,55D,57D,59D,60D,61D,62D,63D,66D. The van der Waals surface area contributed by atoms with Gasteiger partial charge in [-0.15, -0.1) is 0 Å². The number of nitrogens with zero attached hydrogens (tertiary/aromatic N) is 4. The van der Waals surface area contributed by atoms with Gasteiger partial charge in [-0.25, -0.2) is 0 Å². The number of rotatable bonds is 9. The summed E-state index contributed by atoms with van der Waals surface area (Å²) in [7, 11) is 0. The molecule has 0 fully saturated rings. The van der Waals surface area contributed by atoms with E-state index in [1.165, 1.54) is 0 Å². The molecule has 113 heavy (non-hydrogen) atoms. The van der Waals surface area contributed by atoms with Crippen LogP contribution in [0.1, 0.15) is 71.9 Å². The number of para-hydroxylation sites is 4. The third-order valence-electron chi connectivity index (χ3n) is 24.4. The molecule has 6 aliphatic rings. The number of fused-ring (bicyclic) bond motifs is 16. The minimum Gasteiger partial charge on any atom is -0.311 e. The molecule has 4 nitrogen and oxygen atoms in total. The first kappa shape index (κ1) is 49.3. The summed E-state index contributed by atoms with van der Waals surface area (Å²) in [5, 5.41) is -0.00818. The summed E-state index contributed by atoms with van der Waals surface area (Å²) in [6.07, 6.45) is 0. The number of hydrogen-bond acceptors (Lipinski definition) is 3. The Kier molecular flexibility index (Phi) is 10.5. The summed E-state index contributed by atoms with van der Waals surface area (Å²) in [6.45, 7) is 3.64. The van der Waals surface area contributed by atoms with Crippen molar-refractivity contribution in [3.05, 3.63) is 410 Å². The van der Waals surface area contributed by atoms with Gasteiger partial charge in [0.15, 0.2) is 0 Å². The zero-order valence-corrected chi connectivity index (χ0v) is 61.5. The first-order valence-electron chi connectivity index (χ1n) is 46.9. The Morgan fingerprint density at radius 2 is 0.761 bits per heavy atom. The van der Waals surface area contributed by atoms with Gasteiger partial charge in [0, 0.05) is 83.9 Å². The molecule has 0 unspecified atom stereocenters. The molecule has 6 heteroatoms. The molecule has 0 amide bonds. The van der Waals surface area contributed by atoms with Crippen LogP contribution in [0, 0.1) is 0 Å². The van der Waals surface area contributed by atoms with Crippen molar-refractivity contribution in [1.82, 2.24) is 4.57 Å². The summed E-state index contributed by atoms with van der Waals surface area (Å²) in [5.74, 6) is 0. The molecule has 1 spiro atoms. The highest BCUT2D eigenvalue weighted by Crippen LogP contribution is 2.62. The highest BCUT2D eigenvalue weighted by molar-refractivity contribution is 7.05. The quantitative estimate of drug-likeness (QED) is 0.134. The summed E-state index contributed by atoms with van der Waals surface area (Å²) in [4.78, 5) is 6.35. The maximum atomic E-state index is 12.8. The molecule has 0 bridgehead atoms. The van der Waals surface area contributed by atoms with E-state index in [1.54, 1.807) is 10.6 Å². The van der Waals surface area contributed by atoms with Gasteiger partial charge in [0.05, 0.1) is 51.3 Å². The molecule has 526 valence electrons. The summed E-state index contributed by atoms with van der Waals surface area (Å²) >= 11 is 0. The van der Waals surface area contributed by atoms with Crippen LogP contribution < -0.4 is 47.5 Å². The smallest absolute Gasteiger partial charge is 0.254 e. The number of benzene rings is 17. The predicted octanol–water partition coefficient (Wildman–Crippen LogP) is 23.5. The van der Waals surface area contributed by atoms with Crippen LogP contribution >= 0.6 is 0 Å². The van der Waals surface area contributed by atoms with E-state index in [2.05, 4.69) is 54.8 Å². The van der Waals surface area contributed by atoms with E-state index in [4.69, 9.17) is 1.37 Å².